The Hall–Kier alpha value is -3.03. The third-order valence-electron chi connectivity index (χ3n) is 5.09. The van der Waals surface area contributed by atoms with Gasteiger partial charge in [0.05, 0.1) is 5.92 Å². The van der Waals surface area contributed by atoms with Crippen molar-refractivity contribution in [2.75, 3.05) is 18.0 Å². The lowest BCUT2D eigenvalue weighted by Crippen LogP contribution is -2.43. The first-order valence-corrected chi connectivity index (χ1v) is 9.75. The van der Waals surface area contributed by atoms with E-state index >= 15 is 0 Å². The summed E-state index contributed by atoms with van der Waals surface area (Å²) in [4.78, 5) is 18.9. The van der Waals surface area contributed by atoms with Crippen LogP contribution >= 0.6 is 0 Å². The maximum Gasteiger partial charge on any atom is 0.225 e. The molecule has 0 aliphatic carbocycles. The van der Waals surface area contributed by atoms with Gasteiger partial charge in [0.2, 0.25) is 5.91 Å². The van der Waals surface area contributed by atoms with Gasteiger partial charge in [0.25, 0.3) is 0 Å². The molecule has 1 aliphatic rings. The zero-order valence-corrected chi connectivity index (χ0v) is 16.2. The van der Waals surface area contributed by atoms with Gasteiger partial charge < -0.3 is 10.2 Å². The second-order valence-corrected chi connectivity index (χ2v) is 7.54. The Morgan fingerprint density at radius 3 is 2.96 bits per heavy atom. The van der Waals surface area contributed by atoms with Gasteiger partial charge in [0.1, 0.15) is 5.82 Å². The molecule has 4 rings (SSSR count). The van der Waals surface area contributed by atoms with Crippen LogP contribution in [0.15, 0.2) is 36.7 Å². The topological polar surface area (TPSA) is 88.3 Å². The summed E-state index contributed by atoms with van der Waals surface area (Å²) in [6, 6.07) is 7.74. The van der Waals surface area contributed by atoms with E-state index in [1.165, 1.54) is 0 Å². The van der Waals surface area contributed by atoms with Gasteiger partial charge in [-0.15, -0.1) is 15.3 Å². The van der Waals surface area contributed by atoms with E-state index in [0.717, 1.165) is 42.2 Å². The fourth-order valence-corrected chi connectivity index (χ4v) is 3.56. The van der Waals surface area contributed by atoms with Crippen LogP contribution in [0.25, 0.3) is 5.65 Å². The monoisotopic (exact) mass is 379 g/mol. The largest absolute Gasteiger partial charge is 0.354 e. The highest BCUT2D eigenvalue weighted by Gasteiger charge is 2.27. The molecule has 1 unspecified atom stereocenters. The molecule has 3 aromatic rings. The Kier molecular flexibility index (Phi) is 5.18. The Labute approximate surface area is 164 Å². The predicted molar refractivity (Wildman–Crippen MR) is 106 cm³/mol. The Balaban J connectivity index is 1.45. The van der Waals surface area contributed by atoms with Crippen molar-refractivity contribution in [3.05, 3.63) is 48.0 Å². The number of pyridine rings is 1. The van der Waals surface area contributed by atoms with E-state index in [-0.39, 0.29) is 17.7 Å². The summed E-state index contributed by atoms with van der Waals surface area (Å²) >= 11 is 0. The molecule has 1 N–H and O–H groups in total. The number of hydrogen-bond donors (Lipinski definition) is 1. The molecule has 1 atom stereocenters. The molecule has 0 bridgehead atoms. The number of carbonyl (C=O) groups is 1. The zero-order chi connectivity index (χ0) is 19.5. The number of piperidine rings is 1. The normalized spacial score (nSPS) is 17.2. The van der Waals surface area contributed by atoms with E-state index in [1.807, 2.05) is 28.8 Å². The van der Waals surface area contributed by atoms with Crippen LogP contribution in [0.1, 0.15) is 44.0 Å². The number of hydrogen-bond acceptors (Lipinski definition) is 6. The van der Waals surface area contributed by atoms with Gasteiger partial charge in [0, 0.05) is 37.9 Å². The fraction of sp³-hybridized carbons (Fsp3) is 0.450. The quantitative estimate of drug-likeness (QED) is 0.731. The number of aromatic nitrogens is 5. The van der Waals surface area contributed by atoms with E-state index in [0.29, 0.717) is 13.1 Å². The number of carbonyl (C=O) groups excluding carboxylic acids is 1. The van der Waals surface area contributed by atoms with Gasteiger partial charge in [-0.25, -0.2) is 0 Å². The number of nitrogens with one attached hydrogen (secondary N) is 1. The molecule has 4 heterocycles. The van der Waals surface area contributed by atoms with Gasteiger partial charge in [-0.05, 0) is 36.6 Å². The van der Waals surface area contributed by atoms with Crippen molar-refractivity contribution in [2.45, 2.75) is 39.2 Å². The highest BCUT2D eigenvalue weighted by molar-refractivity contribution is 5.79. The third kappa shape index (κ3) is 3.81. The molecular formula is C20H25N7O. The van der Waals surface area contributed by atoms with Crippen LogP contribution in [0, 0.1) is 5.92 Å². The lowest BCUT2D eigenvalue weighted by molar-refractivity contribution is -0.125. The summed E-state index contributed by atoms with van der Waals surface area (Å²) in [6.07, 6.45) is 5.36. The van der Waals surface area contributed by atoms with Crippen molar-refractivity contribution in [3.63, 3.8) is 0 Å². The van der Waals surface area contributed by atoms with Crippen LogP contribution in [-0.2, 0) is 11.3 Å². The van der Waals surface area contributed by atoms with Crippen LogP contribution in [0.2, 0.25) is 0 Å². The van der Waals surface area contributed by atoms with Crippen molar-refractivity contribution in [3.8, 4) is 0 Å². The van der Waals surface area contributed by atoms with Crippen molar-refractivity contribution >= 4 is 17.4 Å². The van der Waals surface area contributed by atoms with Crippen molar-refractivity contribution in [1.29, 1.82) is 0 Å². The van der Waals surface area contributed by atoms with E-state index in [1.54, 1.807) is 12.4 Å². The molecule has 0 spiro atoms. The number of nitrogens with zero attached hydrogens (tertiary/aromatic N) is 6. The summed E-state index contributed by atoms with van der Waals surface area (Å²) < 4.78 is 1.81. The first-order valence-electron chi connectivity index (χ1n) is 9.75. The molecule has 0 radical (unpaired) electrons. The van der Waals surface area contributed by atoms with Crippen LogP contribution < -0.4 is 10.2 Å². The molecule has 1 saturated heterocycles. The number of amides is 1. The minimum atomic E-state index is -0.0478. The van der Waals surface area contributed by atoms with Crippen molar-refractivity contribution in [2.24, 2.45) is 5.92 Å². The van der Waals surface area contributed by atoms with E-state index in [4.69, 9.17) is 5.10 Å². The highest BCUT2D eigenvalue weighted by Crippen LogP contribution is 2.23. The van der Waals surface area contributed by atoms with Gasteiger partial charge >= 0.3 is 0 Å². The summed E-state index contributed by atoms with van der Waals surface area (Å²) in [5.41, 5.74) is 1.75. The van der Waals surface area contributed by atoms with Gasteiger partial charge in [-0.1, -0.05) is 19.9 Å². The van der Waals surface area contributed by atoms with Crippen LogP contribution in [0.3, 0.4) is 0 Å². The van der Waals surface area contributed by atoms with Crippen molar-refractivity contribution < 1.29 is 4.79 Å². The highest BCUT2D eigenvalue weighted by atomic mass is 16.1. The predicted octanol–water partition coefficient (Wildman–Crippen LogP) is 2.18. The molecule has 8 heteroatoms. The minimum Gasteiger partial charge on any atom is -0.354 e. The molecule has 146 valence electrons. The SMILES string of the molecule is CC(C)c1nnc2ccc(N3CCCC(C(=O)NCc4cccnc4)C3)nn12. The van der Waals surface area contributed by atoms with E-state index in [9.17, 15) is 4.79 Å². The first kappa shape index (κ1) is 18.3. The van der Waals surface area contributed by atoms with Gasteiger partial charge in [0.15, 0.2) is 11.5 Å². The molecule has 3 aromatic heterocycles. The van der Waals surface area contributed by atoms with E-state index < -0.39 is 0 Å². The maximum absolute atomic E-state index is 12.7. The Morgan fingerprint density at radius 1 is 1.29 bits per heavy atom. The molecule has 1 fully saturated rings. The summed E-state index contributed by atoms with van der Waals surface area (Å²) in [5, 5.41) is 16.2. The van der Waals surface area contributed by atoms with Gasteiger partial charge in [-0.2, -0.15) is 4.52 Å². The Morgan fingerprint density at radius 2 is 2.18 bits per heavy atom. The number of fused-ring (bicyclic) bond motifs is 1. The number of rotatable bonds is 5. The molecule has 28 heavy (non-hydrogen) atoms. The lowest BCUT2D eigenvalue weighted by Gasteiger charge is -2.32. The second-order valence-electron chi connectivity index (χ2n) is 7.54. The molecule has 8 nitrogen and oxygen atoms in total. The van der Waals surface area contributed by atoms with Crippen LogP contribution in [0.5, 0.6) is 0 Å². The summed E-state index contributed by atoms with van der Waals surface area (Å²) in [7, 11) is 0. The van der Waals surface area contributed by atoms with Crippen molar-refractivity contribution in [1.82, 2.24) is 30.1 Å². The molecule has 0 saturated carbocycles. The molecule has 1 amide bonds. The molecule has 0 aromatic carbocycles. The average Bonchev–Trinajstić information content (AvgIpc) is 3.16. The second kappa shape index (κ2) is 7.92. The summed E-state index contributed by atoms with van der Waals surface area (Å²) in [6.45, 7) is 6.22. The first-order chi connectivity index (χ1) is 13.6. The third-order valence-corrected chi connectivity index (χ3v) is 5.09. The lowest BCUT2D eigenvalue weighted by atomic mass is 9.97. The number of anilines is 1. The minimum absolute atomic E-state index is 0.0478. The smallest absolute Gasteiger partial charge is 0.225 e. The van der Waals surface area contributed by atoms with Crippen LogP contribution in [0.4, 0.5) is 5.82 Å². The van der Waals surface area contributed by atoms with Gasteiger partial charge in [-0.3, -0.25) is 9.78 Å². The molecular weight excluding hydrogens is 354 g/mol. The summed E-state index contributed by atoms with van der Waals surface area (Å²) in [5.74, 6) is 1.99. The average molecular weight is 379 g/mol. The molecule has 1 aliphatic heterocycles. The standard InChI is InChI=1S/C20H25N7O/c1-14(2)19-24-23-17-7-8-18(25-27(17)19)26-10-4-6-16(13-26)20(28)22-12-15-5-3-9-21-11-15/h3,5,7-9,11,14,16H,4,6,10,12-13H2,1-2H3,(H,22,28). The van der Waals surface area contributed by atoms with Crippen LogP contribution in [-0.4, -0.2) is 43.8 Å². The zero-order valence-electron chi connectivity index (χ0n) is 16.2. The van der Waals surface area contributed by atoms with E-state index in [2.05, 4.69) is 39.2 Å². The fourth-order valence-electron chi connectivity index (χ4n) is 3.56. The Bertz CT molecular complexity index is 954. The maximum atomic E-state index is 12.7.